The maximum atomic E-state index is 13.1. The average molecular weight is 394 g/mol. The highest BCUT2D eigenvalue weighted by atomic mass is 31.1. The molecule has 0 aromatic heterocycles. The van der Waals surface area contributed by atoms with E-state index in [1.165, 1.54) is 15.9 Å². The second-order valence-electron chi connectivity index (χ2n) is 7.34. The average Bonchev–Trinajstić information content (AvgIpc) is 3.28. The van der Waals surface area contributed by atoms with Crippen LogP contribution in [0.4, 0.5) is 0 Å². The molecule has 4 nitrogen and oxygen atoms in total. The predicted molar refractivity (Wildman–Crippen MR) is 115 cm³/mol. The van der Waals surface area contributed by atoms with E-state index in [4.69, 9.17) is 4.74 Å². The van der Waals surface area contributed by atoms with E-state index in [0.29, 0.717) is 13.0 Å². The topological polar surface area (TPSA) is 32.8 Å². The minimum atomic E-state index is -0.722. The van der Waals surface area contributed by atoms with Gasteiger partial charge in [-0.2, -0.15) is 0 Å². The van der Waals surface area contributed by atoms with Crippen molar-refractivity contribution in [2.75, 3.05) is 20.3 Å². The summed E-state index contributed by atoms with van der Waals surface area (Å²) in [6, 6.07) is 21.5. The maximum absolute atomic E-state index is 13.1. The van der Waals surface area contributed by atoms with Crippen molar-refractivity contribution in [2.45, 2.75) is 32.2 Å². The SMILES string of the molecule is COC[C@@H]1CCCN1N1C(=O)CC(P(c2ccccc2)c2ccccc2)=C1C. The molecule has 2 aliphatic rings. The summed E-state index contributed by atoms with van der Waals surface area (Å²) < 4.78 is 5.41. The molecule has 1 amide bonds. The number of carbonyl (C=O) groups is 1. The van der Waals surface area contributed by atoms with Gasteiger partial charge in [-0.25, -0.2) is 10.0 Å². The van der Waals surface area contributed by atoms with Gasteiger partial charge in [0.1, 0.15) is 0 Å². The molecule has 2 heterocycles. The molecule has 0 bridgehead atoms. The number of allylic oxidation sites excluding steroid dienone is 1. The standard InChI is InChI=1S/C23H27N2O2P/c1-18-22(16-23(26)25(18)24-15-9-10-19(24)17-27-2)28(20-11-5-3-6-12-20)21-13-7-4-8-14-21/h3-8,11-14,19H,9-10,15-17H2,1-2H3/t19-/m0/s1. The number of methoxy groups -OCH3 is 1. The Bertz CT molecular complexity index is 814. The van der Waals surface area contributed by atoms with E-state index in [0.717, 1.165) is 25.1 Å². The Morgan fingerprint density at radius 1 is 1.04 bits per heavy atom. The maximum Gasteiger partial charge on any atom is 0.245 e. The highest BCUT2D eigenvalue weighted by Crippen LogP contribution is 2.50. The number of benzene rings is 2. The zero-order valence-electron chi connectivity index (χ0n) is 16.5. The smallest absolute Gasteiger partial charge is 0.245 e. The molecule has 2 aliphatic heterocycles. The Morgan fingerprint density at radius 2 is 1.64 bits per heavy atom. The molecular weight excluding hydrogens is 367 g/mol. The van der Waals surface area contributed by atoms with E-state index in [-0.39, 0.29) is 11.9 Å². The van der Waals surface area contributed by atoms with Crippen molar-refractivity contribution in [3.63, 3.8) is 0 Å². The Hall–Kier alpha value is -2.00. The van der Waals surface area contributed by atoms with E-state index >= 15 is 0 Å². The van der Waals surface area contributed by atoms with E-state index < -0.39 is 7.92 Å². The quantitative estimate of drug-likeness (QED) is 0.702. The molecular formula is C23H27N2O2P. The first-order valence-corrected chi connectivity index (χ1v) is 11.2. The minimum Gasteiger partial charge on any atom is -0.383 e. The molecule has 1 saturated heterocycles. The molecule has 2 aromatic carbocycles. The van der Waals surface area contributed by atoms with Crippen LogP contribution in [0.3, 0.4) is 0 Å². The van der Waals surface area contributed by atoms with Crippen LogP contribution >= 0.6 is 7.92 Å². The Labute approximate surface area is 168 Å². The third-order valence-electron chi connectivity index (χ3n) is 5.55. The second-order valence-corrected chi connectivity index (χ2v) is 9.58. The van der Waals surface area contributed by atoms with Crippen LogP contribution in [0.1, 0.15) is 26.2 Å². The lowest BCUT2D eigenvalue weighted by Gasteiger charge is -2.34. The Kier molecular flexibility index (Phi) is 5.91. The Morgan fingerprint density at radius 3 is 2.21 bits per heavy atom. The lowest BCUT2D eigenvalue weighted by atomic mass is 10.2. The number of carbonyl (C=O) groups excluding carboxylic acids is 1. The van der Waals surface area contributed by atoms with Crippen molar-refractivity contribution in [1.29, 1.82) is 0 Å². The molecule has 0 unspecified atom stereocenters. The molecule has 0 saturated carbocycles. The number of ether oxygens (including phenoxy) is 1. The van der Waals surface area contributed by atoms with Crippen LogP contribution in [0, 0.1) is 0 Å². The van der Waals surface area contributed by atoms with E-state index in [1.807, 2.05) is 5.01 Å². The fraction of sp³-hybridized carbons (Fsp3) is 0.348. The summed E-state index contributed by atoms with van der Waals surface area (Å²) in [5, 5.41) is 8.04. The summed E-state index contributed by atoms with van der Waals surface area (Å²) in [4.78, 5) is 13.1. The van der Waals surface area contributed by atoms with Gasteiger partial charge < -0.3 is 4.74 Å². The largest absolute Gasteiger partial charge is 0.383 e. The summed E-state index contributed by atoms with van der Waals surface area (Å²) in [7, 11) is 1.01. The van der Waals surface area contributed by atoms with Crippen molar-refractivity contribution >= 4 is 24.4 Å². The van der Waals surface area contributed by atoms with Crippen LogP contribution in [0.15, 0.2) is 71.7 Å². The molecule has 1 fully saturated rings. The van der Waals surface area contributed by atoms with Crippen molar-refractivity contribution < 1.29 is 9.53 Å². The van der Waals surface area contributed by atoms with Gasteiger partial charge in [-0.05, 0) is 43.6 Å². The summed E-state index contributed by atoms with van der Waals surface area (Å²) in [5.41, 5.74) is 1.10. The van der Waals surface area contributed by atoms with E-state index in [9.17, 15) is 4.79 Å². The van der Waals surface area contributed by atoms with Crippen LogP contribution in [0.5, 0.6) is 0 Å². The van der Waals surface area contributed by atoms with Crippen molar-refractivity contribution in [3.8, 4) is 0 Å². The van der Waals surface area contributed by atoms with Crippen LogP contribution in [-0.2, 0) is 9.53 Å². The molecule has 0 N–H and O–H groups in total. The lowest BCUT2D eigenvalue weighted by molar-refractivity contribution is -0.143. The molecule has 1 atom stereocenters. The first-order valence-electron chi connectivity index (χ1n) is 9.89. The van der Waals surface area contributed by atoms with Gasteiger partial charge in [-0.1, -0.05) is 60.7 Å². The first-order chi connectivity index (χ1) is 13.7. The number of rotatable bonds is 6. The highest BCUT2D eigenvalue weighted by Gasteiger charge is 2.40. The monoisotopic (exact) mass is 394 g/mol. The third-order valence-corrected chi connectivity index (χ3v) is 8.20. The number of hydrogen-bond donors (Lipinski definition) is 0. The predicted octanol–water partition coefficient (Wildman–Crippen LogP) is 3.61. The molecule has 0 radical (unpaired) electrons. The molecule has 5 heteroatoms. The summed E-state index contributed by atoms with van der Waals surface area (Å²) in [5.74, 6) is 0.190. The number of amides is 1. The van der Waals surface area contributed by atoms with Crippen molar-refractivity contribution in [1.82, 2.24) is 10.0 Å². The first kappa shape index (κ1) is 19.3. The van der Waals surface area contributed by atoms with Crippen LogP contribution in [0.25, 0.3) is 0 Å². The molecule has 146 valence electrons. The summed E-state index contributed by atoms with van der Waals surface area (Å²) in [6.07, 6.45) is 2.68. The fourth-order valence-corrected chi connectivity index (χ4v) is 6.87. The highest BCUT2D eigenvalue weighted by molar-refractivity contribution is 7.76. The molecule has 2 aromatic rings. The van der Waals surface area contributed by atoms with Crippen molar-refractivity contribution in [2.24, 2.45) is 0 Å². The normalized spacial score (nSPS) is 20.6. The van der Waals surface area contributed by atoms with Crippen LogP contribution in [-0.4, -0.2) is 42.2 Å². The third kappa shape index (κ3) is 3.65. The summed E-state index contributed by atoms with van der Waals surface area (Å²) >= 11 is 0. The zero-order valence-corrected chi connectivity index (χ0v) is 17.4. The molecule has 0 aliphatic carbocycles. The van der Waals surface area contributed by atoms with Gasteiger partial charge in [0, 0.05) is 19.4 Å². The lowest BCUT2D eigenvalue weighted by Crippen LogP contribution is -2.47. The molecule has 0 spiro atoms. The van der Waals surface area contributed by atoms with Gasteiger partial charge in [0.05, 0.1) is 19.1 Å². The van der Waals surface area contributed by atoms with E-state index in [2.05, 4.69) is 72.6 Å². The number of hydrazine groups is 1. The minimum absolute atomic E-state index is 0.190. The van der Waals surface area contributed by atoms with Gasteiger partial charge >= 0.3 is 0 Å². The van der Waals surface area contributed by atoms with Gasteiger partial charge in [0.15, 0.2) is 0 Å². The molecule has 4 rings (SSSR count). The van der Waals surface area contributed by atoms with E-state index in [1.54, 1.807) is 7.11 Å². The van der Waals surface area contributed by atoms with Crippen molar-refractivity contribution in [3.05, 3.63) is 71.7 Å². The van der Waals surface area contributed by atoms with Gasteiger partial charge in [0.2, 0.25) is 5.91 Å². The van der Waals surface area contributed by atoms with Gasteiger partial charge in [-0.15, -0.1) is 0 Å². The van der Waals surface area contributed by atoms with Crippen LogP contribution in [0.2, 0.25) is 0 Å². The number of hydrogen-bond acceptors (Lipinski definition) is 3. The van der Waals surface area contributed by atoms with Gasteiger partial charge in [-0.3, -0.25) is 4.79 Å². The Balaban J connectivity index is 1.74. The van der Waals surface area contributed by atoms with Gasteiger partial charge in [0.25, 0.3) is 0 Å². The zero-order chi connectivity index (χ0) is 19.5. The summed E-state index contributed by atoms with van der Waals surface area (Å²) in [6.45, 7) is 3.70. The van der Waals surface area contributed by atoms with Crippen LogP contribution < -0.4 is 10.6 Å². The number of nitrogens with zero attached hydrogens (tertiary/aromatic N) is 2. The molecule has 28 heavy (non-hydrogen) atoms. The fourth-order valence-electron chi connectivity index (χ4n) is 4.29. The second kappa shape index (κ2) is 8.57.